The molecule has 0 unspecified atom stereocenters. The summed E-state index contributed by atoms with van der Waals surface area (Å²) in [5.74, 6) is 0. The molecule has 0 saturated carbocycles. The molecule has 1 heteroatoms. The Kier molecular flexibility index (Phi) is 3.82. The highest BCUT2D eigenvalue weighted by molar-refractivity contribution is 5.84. The molecule has 1 aliphatic rings. The Hall–Kier alpha value is -2.02. The Morgan fingerprint density at radius 2 is 1.59 bits per heavy atom. The van der Waals surface area contributed by atoms with Crippen molar-refractivity contribution in [1.29, 1.82) is 0 Å². The molecule has 114 valence electrons. The molecule has 0 fully saturated rings. The summed E-state index contributed by atoms with van der Waals surface area (Å²) in [6, 6.07) is 9.15. The van der Waals surface area contributed by atoms with Crippen LogP contribution in [0.3, 0.4) is 0 Å². The fourth-order valence-electron chi connectivity index (χ4n) is 3.18. The van der Waals surface area contributed by atoms with E-state index in [2.05, 4.69) is 70.3 Å². The van der Waals surface area contributed by atoms with Crippen LogP contribution in [0, 0.1) is 34.6 Å². The number of fused-ring (bicyclic) bond motifs is 1. The van der Waals surface area contributed by atoms with Gasteiger partial charge in [0.15, 0.2) is 0 Å². The van der Waals surface area contributed by atoms with E-state index in [9.17, 15) is 0 Å². The summed E-state index contributed by atoms with van der Waals surface area (Å²) in [6.07, 6.45) is 3.42. The lowest BCUT2D eigenvalue weighted by Gasteiger charge is -2.23. The van der Waals surface area contributed by atoms with Gasteiger partial charge in [0, 0.05) is 17.8 Å². The van der Waals surface area contributed by atoms with Gasteiger partial charge in [0.1, 0.15) is 0 Å². The smallest absolute Gasteiger partial charge is 0.0422 e. The van der Waals surface area contributed by atoms with E-state index in [4.69, 9.17) is 0 Å². The van der Waals surface area contributed by atoms with Crippen molar-refractivity contribution in [3.8, 4) is 0 Å². The van der Waals surface area contributed by atoms with Crippen LogP contribution in [0.4, 0.5) is 0 Å². The normalized spacial score (nSPS) is 15.6. The van der Waals surface area contributed by atoms with Gasteiger partial charge in [-0.25, -0.2) is 0 Å². The van der Waals surface area contributed by atoms with E-state index in [0.29, 0.717) is 0 Å². The van der Waals surface area contributed by atoms with E-state index in [-0.39, 0.29) is 0 Å². The van der Waals surface area contributed by atoms with Crippen LogP contribution < -0.4 is 5.32 Å². The van der Waals surface area contributed by atoms with Gasteiger partial charge in [0.2, 0.25) is 0 Å². The fourth-order valence-corrected chi connectivity index (χ4v) is 3.18. The van der Waals surface area contributed by atoms with Gasteiger partial charge < -0.3 is 5.32 Å². The van der Waals surface area contributed by atoms with Crippen LogP contribution in [-0.4, -0.2) is 6.54 Å². The molecule has 2 aromatic carbocycles. The van der Waals surface area contributed by atoms with Gasteiger partial charge in [-0.1, -0.05) is 18.2 Å². The number of rotatable bonds is 1. The van der Waals surface area contributed by atoms with Crippen molar-refractivity contribution in [3.63, 3.8) is 0 Å². The summed E-state index contributed by atoms with van der Waals surface area (Å²) in [5, 5.41) is 3.59. The second-order valence-corrected chi connectivity index (χ2v) is 6.55. The summed E-state index contributed by atoms with van der Waals surface area (Å²) in [5.41, 5.74) is 12.3. The van der Waals surface area contributed by atoms with Gasteiger partial charge in [-0.3, -0.25) is 0 Å². The summed E-state index contributed by atoms with van der Waals surface area (Å²) in [6.45, 7) is 12.0. The molecule has 22 heavy (non-hydrogen) atoms. The second kappa shape index (κ2) is 5.64. The van der Waals surface area contributed by atoms with Crippen LogP contribution >= 0.6 is 0 Å². The molecule has 0 saturated heterocycles. The van der Waals surface area contributed by atoms with Crippen molar-refractivity contribution in [3.05, 3.63) is 68.8 Å². The molecule has 1 N–H and O–H groups in total. The van der Waals surface area contributed by atoms with Gasteiger partial charge in [-0.05, 0) is 92.1 Å². The van der Waals surface area contributed by atoms with E-state index >= 15 is 0 Å². The van der Waals surface area contributed by atoms with Crippen LogP contribution in [0.15, 0.2) is 24.3 Å². The Morgan fingerprint density at radius 1 is 0.864 bits per heavy atom. The summed E-state index contributed by atoms with van der Waals surface area (Å²) >= 11 is 0. The molecule has 0 aliphatic carbocycles. The highest BCUT2D eigenvalue weighted by Gasteiger charge is 2.15. The zero-order valence-corrected chi connectivity index (χ0v) is 14.3. The molecular formula is C21H25N. The predicted molar refractivity (Wildman–Crippen MR) is 96.1 cm³/mol. The maximum absolute atomic E-state index is 3.59. The van der Waals surface area contributed by atoms with Crippen molar-refractivity contribution in [1.82, 2.24) is 5.32 Å². The number of hydrogen-bond acceptors (Lipinski definition) is 1. The number of nitrogens with one attached hydrogen (secondary N) is 1. The molecular weight excluding hydrogens is 266 g/mol. The molecule has 0 bridgehead atoms. The molecule has 1 heterocycles. The van der Waals surface area contributed by atoms with E-state index in [1.807, 2.05) is 0 Å². The second-order valence-electron chi connectivity index (χ2n) is 6.55. The predicted octanol–water partition coefficient (Wildman–Crippen LogP) is 4.87. The average molecular weight is 291 g/mol. The monoisotopic (exact) mass is 291 g/mol. The summed E-state index contributed by atoms with van der Waals surface area (Å²) < 4.78 is 0. The van der Waals surface area contributed by atoms with Crippen LogP contribution in [0.25, 0.3) is 11.8 Å². The highest BCUT2D eigenvalue weighted by atomic mass is 14.9. The standard InChI is InChI=1S/C21H25N/c1-13-6-7-18(17(5)16(13)4)12-21-20-11-15(3)14(2)10-19(20)8-9-22-21/h6-7,10-12,22H,8-9H2,1-5H3/b21-12-. The third kappa shape index (κ3) is 2.56. The Balaban J connectivity index is 2.12. The third-order valence-electron chi connectivity index (χ3n) is 5.12. The average Bonchev–Trinajstić information content (AvgIpc) is 2.50. The molecule has 0 atom stereocenters. The van der Waals surface area contributed by atoms with Crippen molar-refractivity contribution < 1.29 is 0 Å². The lowest BCUT2D eigenvalue weighted by atomic mass is 9.91. The van der Waals surface area contributed by atoms with E-state index in [0.717, 1.165) is 13.0 Å². The molecule has 1 nitrogen and oxygen atoms in total. The first kappa shape index (κ1) is 14.9. The lowest BCUT2D eigenvalue weighted by Crippen LogP contribution is -2.23. The first-order chi connectivity index (χ1) is 10.5. The van der Waals surface area contributed by atoms with E-state index in [1.54, 1.807) is 0 Å². The summed E-state index contributed by atoms with van der Waals surface area (Å²) in [7, 11) is 0. The SMILES string of the molecule is Cc1cc2c(cc1C)/C(=C/c1ccc(C)c(C)c1C)NCC2. The minimum Gasteiger partial charge on any atom is -0.384 e. The lowest BCUT2D eigenvalue weighted by molar-refractivity contribution is 0.815. The van der Waals surface area contributed by atoms with E-state index < -0.39 is 0 Å². The minimum atomic E-state index is 1.02. The highest BCUT2D eigenvalue weighted by Crippen LogP contribution is 2.28. The molecule has 0 radical (unpaired) electrons. The minimum absolute atomic E-state index is 1.02. The van der Waals surface area contributed by atoms with Gasteiger partial charge in [-0.15, -0.1) is 0 Å². The van der Waals surface area contributed by atoms with Crippen molar-refractivity contribution in [2.75, 3.05) is 6.54 Å². The van der Waals surface area contributed by atoms with Crippen LogP contribution in [-0.2, 0) is 6.42 Å². The van der Waals surface area contributed by atoms with Gasteiger partial charge >= 0.3 is 0 Å². The quantitative estimate of drug-likeness (QED) is 0.790. The maximum Gasteiger partial charge on any atom is 0.0422 e. The largest absolute Gasteiger partial charge is 0.384 e. The number of hydrogen-bond donors (Lipinski definition) is 1. The van der Waals surface area contributed by atoms with E-state index in [1.165, 1.54) is 50.2 Å². The van der Waals surface area contributed by atoms with Crippen LogP contribution in [0.5, 0.6) is 0 Å². The Labute approximate surface area is 134 Å². The fraction of sp³-hybridized carbons (Fsp3) is 0.333. The first-order valence-electron chi connectivity index (χ1n) is 8.10. The molecule has 0 spiro atoms. The van der Waals surface area contributed by atoms with Gasteiger partial charge in [0.25, 0.3) is 0 Å². The Bertz CT molecular complexity index is 766. The van der Waals surface area contributed by atoms with Crippen LogP contribution in [0.1, 0.15) is 44.5 Å². The zero-order valence-electron chi connectivity index (χ0n) is 14.3. The van der Waals surface area contributed by atoms with Gasteiger partial charge in [-0.2, -0.15) is 0 Å². The zero-order chi connectivity index (χ0) is 15.9. The number of aryl methyl sites for hydroxylation is 3. The molecule has 3 rings (SSSR count). The molecule has 2 aromatic rings. The number of benzene rings is 2. The molecule has 1 aliphatic heterocycles. The Morgan fingerprint density at radius 3 is 2.36 bits per heavy atom. The van der Waals surface area contributed by atoms with Crippen LogP contribution in [0.2, 0.25) is 0 Å². The topological polar surface area (TPSA) is 12.0 Å². The maximum atomic E-state index is 3.59. The van der Waals surface area contributed by atoms with Crippen molar-refractivity contribution >= 4 is 11.8 Å². The van der Waals surface area contributed by atoms with Gasteiger partial charge in [0.05, 0.1) is 0 Å². The third-order valence-corrected chi connectivity index (χ3v) is 5.12. The summed E-state index contributed by atoms with van der Waals surface area (Å²) in [4.78, 5) is 0. The molecule has 0 aromatic heterocycles. The molecule has 0 amide bonds. The van der Waals surface area contributed by atoms with Crippen molar-refractivity contribution in [2.45, 2.75) is 41.0 Å². The van der Waals surface area contributed by atoms with Crippen molar-refractivity contribution in [2.24, 2.45) is 0 Å². The first-order valence-corrected chi connectivity index (χ1v) is 8.10.